The second-order valence-corrected chi connectivity index (χ2v) is 22.9. The molecule has 6 fully saturated rings. The van der Waals surface area contributed by atoms with E-state index in [9.17, 15) is 60.3 Å². The van der Waals surface area contributed by atoms with Crippen LogP contribution in [0.2, 0.25) is 0 Å². The molecule has 0 aromatic rings. The van der Waals surface area contributed by atoms with E-state index in [0.717, 1.165) is 51.4 Å². The number of aliphatic hydroxyl groups excluding tert-OH is 9. The maximum Gasteiger partial charge on any atom is 0.309 e. The maximum absolute atomic E-state index is 14.1. The van der Waals surface area contributed by atoms with Gasteiger partial charge in [-0.25, -0.2) is 0 Å². The minimum Gasteiger partial charge on any atom is -0.457 e. The van der Waals surface area contributed by atoms with Gasteiger partial charge in [0, 0.05) is 6.42 Å². The Morgan fingerprint density at radius 1 is 0.525 bits per heavy atom. The fourth-order valence-corrected chi connectivity index (χ4v) is 10.8. The highest BCUT2D eigenvalue weighted by Crippen LogP contribution is 2.39. The van der Waals surface area contributed by atoms with Crippen molar-refractivity contribution in [3.63, 3.8) is 0 Å². The van der Waals surface area contributed by atoms with Gasteiger partial charge < -0.3 is 108 Å². The summed E-state index contributed by atoms with van der Waals surface area (Å²) in [6, 6.07) is 0. The highest BCUT2D eigenvalue weighted by atomic mass is 16.8. The molecule has 25 heteroatoms. The first-order chi connectivity index (χ1) is 38.0. The standard InChI is InChI=1S/C55H94O25/c1-10-12-18-21-31-22-19-16-14-13-15-17-20-23-33(57)74-45-41(65)53(79-46-37(61)35(59)32(24-56)73-54(46)72-31)70-29(8)43(45)78-55-48(76-50(67)26(5)11-2)47(80-51-39(63)36(60)34(58)27(6)68-51)44(30(9)71-55)77-52-40(64)38(62)42(28(7)69-52)75-49(66)25(3)4/h25-32,34-48,51-56,58-65H,10-24H2,1-9H3/t26-,27-,28-,29-,30-,31-,32+,34-,35+,36+,37-,38-,39+,40+,41+,42-,43-,44-,45-,46+,47+,48+,51-,52-,53-,54+,55-/m0/s1. The highest BCUT2D eigenvalue weighted by molar-refractivity contribution is 5.72. The molecule has 9 N–H and O–H groups in total. The van der Waals surface area contributed by atoms with Crippen molar-refractivity contribution in [2.75, 3.05) is 6.61 Å². The van der Waals surface area contributed by atoms with Crippen LogP contribution in [0, 0.1) is 11.8 Å². The molecule has 27 atom stereocenters. The molecule has 0 unspecified atom stereocenters. The largest absolute Gasteiger partial charge is 0.457 e. The van der Waals surface area contributed by atoms with Gasteiger partial charge in [-0.15, -0.1) is 0 Å². The molecular weight excluding hydrogens is 1060 g/mol. The number of esters is 3. The van der Waals surface area contributed by atoms with Crippen molar-refractivity contribution in [3.05, 3.63) is 0 Å². The topological polar surface area (TPSA) is 353 Å². The maximum atomic E-state index is 14.1. The molecule has 6 rings (SSSR count). The summed E-state index contributed by atoms with van der Waals surface area (Å²) < 4.78 is 81.2. The quantitative estimate of drug-likeness (QED) is 0.0592. The first-order valence-corrected chi connectivity index (χ1v) is 29.2. The Hall–Kier alpha value is -2.35. The lowest BCUT2D eigenvalue weighted by molar-refractivity contribution is -0.400. The predicted molar refractivity (Wildman–Crippen MR) is 275 cm³/mol. The minimum atomic E-state index is -1.92. The van der Waals surface area contributed by atoms with Gasteiger partial charge in [0.25, 0.3) is 0 Å². The van der Waals surface area contributed by atoms with Crippen LogP contribution in [0.15, 0.2) is 0 Å². The van der Waals surface area contributed by atoms with Gasteiger partial charge in [-0.2, -0.15) is 0 Å². The molecule has 25 nitrogen and oxygen atoms in total. The number of ether oxygens (including phenoxy) is 13. The molecule has 0 amide bonds. The van der Waals surface area contributed by atoms with Crippen LogP contribution in [0.5, 0.6) is 0 Å². The number of carbonyl (C=O) groups is 3. The van der Waals surface area contributed by atoms with E-state index in [2.05, 4.69) is 6.92 Å². The number of hydrogen-bond acceptors (Lipinski definition) is 25. The highest BCUT2D eigenvalue weighted by Gasteiger charge is 2.59. The molecule has 0 aliphatic carbocycles. The Labute approximate surface area is 469 Å². The Morgan fingerprint density at radius 3 is 1.75 bits per heavy atom. The number of rotatable bonds is 16. The number of carbonyl (C=O) groups excluding carboxylic acids is 3. The zero-order valence-electron chi connectivity index (χ0n) is 47.8. The van der Waals surface area contributed by atoms with Crippen LogP contribution in [-0.2, 0) is 76.0 Å². The van der Waals surface area contributed by atoms with Crippen molar-refractivity contribution >= 4 is 17.9 Å². The molecule has 6 saturated heterocycles. The molecule has 2 bridgehead atoms. The molecule has 0 radical (unpaired) electrons. The summed E-state index contributed by atoms with van der Waals surface area (Å²) in [5, 5.41) is 101. The molecule has 464 valence electrons. The summed E-state index contributed by atoms with van der Waals surface area (Å²) in [6.07, 6.45) is -29.9. The van der Waals surface area contributed by atoms with Crippen molar-refractivity contribution in [3.8, 4) is 0 Å². The Bertz CT molecular complexity index is 1880. The molecule has 80 heavy (non-hydrogen) atoms. The van der Waals surface area contributed by atoms with Crippen molar-refractivity contribution in [2.45, 2.75) is 312 Å². The monoisotopic (exact) mass is 1150 g/mol. The number of fused-ring (bicyclic) bond motifs is 3. The van der Waals surface area contributed by atoms with Gasteiger partial charge in [0.15, 0.2) is 49.8 Å². The van der Waals surface area contributed by atoms with Gasteiger partial charge in [0.1, 0.15) is 79.4 Å². The van der Waals surface area contributed by atoms with Crippen LogP contribution in [0.4, 0.5) is 0 Å². The average molecular weight is 1160 g/mol. The van der Waals surface area contributed by atoms with Crippen LogP contribution in [0.25, 0.3) is 0 Å². The van der Waals surface area contributed by atoms with E-state index in [4.69, 9.17) is 61.6 Å². The molecule has 6 aliphatic heterocycles. The van der Waals surface area contributed by atoms with E-state index in [-0.39, 0.29) is 18.9 Å². The van der Waals surface area contributed by atoms with Crippen LogP contribution in [-0.4, -0.2) is 230 Å². The third kappa shape index (κ3) is 16.7. The van der Waals surface area contributed by atoms with Crippen molar-refractivity contribution in [2.24, 2.45) is 11.8 Å². The van der Waals surface area contributed by atoms with Gasteiger partial charge in [0.05, 0.1) is 49.0 Å². The lowest BCUT2D eigenvalue weighted by Gasteiger charge is -2.51. The van der Waals surface area contributed by atoms with Crippen LogP contribution in [0.1, 0.15) is 152 Å². The van der Waals surface area contributed by atoms with Gasteiger partial charge in [-0.3, -0.25) is 14.4 Å². The van der Waals surface area contributed by atoms with E-state index < -0.39 is 190 Å². The van der Waals surface area contributed by atoms with Gasteiger partial charge in [-0.1, -0.05) is 92.4 Å². The number of aliphatic hydroxyl groups is 9. The molecule has 6 aliphatic rings. The second-order valence-electron chi connectivity index (χ2n) is 22.9. The minimum absolute atomic E-state index is 0.0526. The summed E-state index contributed by atoms with van der Waals surface area (Å²) in [5.41, 5.74) is 0. The molecule has 6 heterocycles. The molecule has 0 spiro atoms. The van der Waals surface area contributed by atoms with E-state index in [1.54, 1.807) is 27.7 Å². The lowest BCUT2D eigenvalue weighted by atomic mass is 9.95. The summed E-state index contributed by atoms with van der Waals surface area (Å²) in [5.74, 6) is -3.53. The zero-order chi connectivity index (χ0) is 58.7. The third-order valence-electron chi connectivity index (χ3n) is 16.2. The fourth-order valence-electron chi connectivity index (χ4n) is 10.8. The summed E-state index contributed by atoms with van der Waals surface area (Å²) >= 11 is 0. The first kappa shape index (κ1) is 66.8. The lowest BCUT2D eigenvalue weighted by Crippen LogP contribution is -2.68. The third-order valence-corrected chi connectivity index (χ3v) is 16.2. The van der Waals surface area contributed by atoms with Crippen molar-refractivity contribution in [1.82, 2.24) is 0 Å². The smallest absolute Gasteiger partial charge is 0.309 e. The molecule has 0 aromatic heterocycles. The van der Waals surface area contributed by atoms with E-state index in [0.29, 0.717) is 25.7 Å². The summed E-state index contributed by atoms with van der Waals surface area (Å²) in [6.45, 7) is 13.8. The van der Waals surface area contributed by atoms with Gasteiger partial charge in [-0.05, 0) is 53.4 Å². The summed E-state index contributed by atoms with van der Waals surface area (Å²) in [4.78, 5) is 40.6. The summed E-state index contributed by atoms with van der Waals surface area (Å²) in [7, 11) is 0. The van der Waals surface area contributed by atoms with Crippen molar-refractivity contribution < 1.29 is 122 Å². The Balaban J connectivity index is 1.37. The van der Waals surface area contributed by atoms with Crippen LogP contribution in [0.3, 0.4) is 0 Å². The van der Waals surface area contributed by atoms with Gasteiger partial charge >= 0.3 is 17.9 Å². The van der Waals surface area contributed by atoms with E-state index >= 15 is 0 Å². The fraction of sp³-hybridized carbons (Fsp3) is 0.945. The Morgan fingerprint density at radius 2 is 1.10 bits per heavy atom. The predicted octanol–water partition coefficient (Wildman–Crippen LogP) is 1.04. The molecule has 0 saturated carbocycles. The van der Waals surface area contributed by atoms with E-state index in [1.165, 1.54) is 27.7 Å². The first-order valence-electron chi connectivity index (χ1n) is 29.2. The average Bonchev–Trinajstić information content (AvgIpc) is 3.58. The number of unbranched alkanes of at least 4 members (excludes halogenated alkanes) is 2. The van der Waals surface area contributed by atoms with Gasteiger partial charge in [0.2, 0.25) is 0 Å². The normalized spacial score (nSPS) is 44.3. The SMILES string of the molecule is CCCCC[C@H]1CCCCCCCCCC(=O)O[C@H]2[C@@H](O)[C@H](O[C@H]3[C@H](O1)O[C@H](CO)[C@@H](O)[C@@H]3O)O[C@@H](C)[C@@H]2O[C@@H]1O[C@@H](C)[C@H](O[C@@H]2O[C@@H](C)[C@H](OC(=O)C(C)C)[C@@H](O)[C@H]2O)[C@@H](O[C@@H]2O[C@@H](C)[C@H](O)[C@@H](O)[C@H]2O)[C@H]1OC(=O)[C@@H](C)CC. The number of hydrogen-bond donors (Lipinski definition) is 9. The molecular formula is C55H94O25. The Kier molecular flexibility index (Phi) is 26.0. The van der Waals surface area contributed by atoms with Crippen LogP contribution >= 0.6 is 0 Å². The van der Waals surface area contributed by atoms with Crippen LogP contribution < -0.4 is 0 Å². The molecule has 0 aromatic carbocycles. The zero-order valence-corrected chi connectivity index (χ0v) is 47.8. The van der Waals surface area contributed by atoms with Crippen molar-refractivity contribution in [1.29, 1.82) is 0 Å². The second kappa shape index (κ2) is 31.2. The van der Waals surface area contributed by atoms with E-state index in [1.807, 2.05) is 0 Å².